The monoisotopic (exact) mass is 371 g/mol. The van der Waals surface area contributed by atoms with E-state index in [1.165, 1.54) is 6.20 Å². The summed E-state index contributed by atoms with van der Waals surface area (Å²) in [5.74, 6) is 0.141. The Kier molecular flexibility index (Phi) is 5.40. The Bertz CT molecular complexity index is 893. The molecule has 0 aliphatic rings. The third-order valence-corrected chi connectivity index (χ3v) is 3.81. The van der Waals surface area contributed by atoms with Gasteiger partial charge in [-0.3, -0.25) is 4.79 Å². The number of anilines is 2. The van der Waals surface area contributed by atoms with E-state index in [2.05, 4.69) is 15.6 Å². The van der Waals surface area contributed by atoms with E-state index in [1.54, 1.807) is 12.1 Å². The summed E-state index contributed by atoms with van der Waals surface area (Å²) in [7, 11) is 0. The molecule has 138 valence electrons. The van der Waals surface area contributed by atoms with Crippen LogP contribution in [0.1, 0.15) is 21.5 Å². The number of aromatic nitrogens is 1. The zero-order chi connectivity index (χ0) is 19.3. The van der Waals surface area contributed by atoms with Gasteiger partial charge >= 0.3 is 6.18 Å². The Labute approximate surface area is 154 Å². The van der Waals surface area contributed by atoms with Crippen molar-refractivity contribution in [2.24, 2.45) is 0 Å². The van der Waals surface area contributed by atoms with E-state index >= 15 is 0 Å². The van der Waals surface area contributed by atoms with Crippen molar-refractivity contribution in [3.05, 3.63) is 89.6 Å². The van der Waals surface area contributed by atoms with Crippen molar-refractivity contribution in [1.82, 2.24) is 4.98 Å². The largest absolute Gasteiger partial charge is 0.416 e. The number of hydrogen-bond acceptors (Lipinski definition) is 3. The number of rotatable bonds is 5. The number of nitrogens with one attached hydrogen (secondary N) is 2. The Morgan fingerprint density at radius 1 is 0.926 bits per heavy atom. The van der Waals surface area contributed by atoms with E-state index in [4.69, 9.17) is 0 Å². The van der Waals surface area contributed by atoms with E-state index in [9.17, 15) is 18.0 Å². The van der Waals surface area contributed by atoms with Crippen LogP contribution in [0.5, 0.6) is 0 Å². The first-order chi connectivity index (χ1) is 12.9. The van der Waals surface area contributed by atoms with Crippen LogP contribution in [0.25, 0.3) is 0 Å². The lowest BCUT2D eigenvalue weighted by molar-refractivity contribution is -0.137. The Morgan fingerprint density at radius 3 is 2.22 bits per heavy atom. The molecule has 2 N–H and O–H groups in total. The summed E-state index contributed by atoms with van der Waals surface area (Å²) < 4.78 is 37.7. The Morgan fingerprint density at radius 2 is 1.63 bits per heavy atom. The molecule has 0 saturated heterocycles. The van der Waals surface area contributed by atoms with Gasteiger partial charge in [-0.1, -0.05) is 30.3 Å². The fourth-order valence-electron chi connectivity index (χ4n) is 2.37. The second-order valence-corrected chi connectivity index (χ2v) is 5.80. The first-order valence-electron chi connectivity index (χ1n) is 8.14. The summed E-state index contributed by atoms with van der Waals surface area (Å²) in [6.45, 7) is 0.616. The van der Waals surface area contributed by atoms with Gasteiger partial charge in [-0.25, -0.2) is 4.98 Å². The summed E-state index contributed by atoms with van der Waals surface area (Å²) >= 11 is 0. The van der Waals surface area contributed by atoms with E-state index in [-0.39, 0.29) is 5.56 Å². The average molecular weight is 371 g/mol. The van der Waals surface area contributed by atoms with Crippen molar-refractivity contribution >= 4 is 17.4 Å². The van der Waals surface area contributed by atoms with E-state index in [1.807, 2.05) is 30.3 Å². The number of nitrogens with zero attached hydrogens (tertiary/aromatic N) is 1. The summed E-state index contributed by atoms with van der Waals surface area (Å²) in [4.78, 5) is 16.3. The molecule has 3 aromatic rings. The van der Waals surface area contributed by atoms with Gasteiger partial charge in [0.1, 0.15) is 5.82 Å². The molecule has 1 aromatic heterocycles. The molecule has 7 heteroatoms. The molecule has 0 radical (unpaired) electrons. The van der Waals surface area contributed by atoms with Crippen LogP contribution in [0.2, 0.25) is 0 Å². The van der Waals surface area contributed by atoms with Crippen molar-refractivity contribution in [2.75, 3.05) is 10.6 Å². The summed E-state index contributed by atoms with van der Waals surface area (Å²) in [6.07, 6.45) is -2.95. The third-order valence-electron chi connectivity index (χ3n) is 3.81. The smallest absolute Gasteiger partial charge is 0.366 e. The summed E-state index contributed by atoms with van der Waals surface area (Å²) in [5, 5.41) is 5.77. The van der Waals surface area contributed by atoms with E-state index in [0.717, 1.165) is 29.8 Å². The quantitative estimate of drug-likeness (QED) is 0.666. The number of benzene rings is 2. The Hall–Kier alpha value is -3.35. The highest BCUT2D eigenvalue weighted by atomic mass is 19.4. The molecule has 0 atom stereocenters. The number of amides is 1. The van der Waals surface area contributed by atoms with Gasteiger partial charge in [-0.05, 0) is 42.0 Å². The molecular weight excluding hydrogens is 355 g/mol. The van der Waals surface area contributed by atoms with Crippen molar-refractivity contribution < 1.29 is 18.0 Å². The maximum absolute atomic E-state index is 12.6. The maximum Gasteiger partial charge on any atom is 0.416 e. The molecule has 0 aliphatic carbocycles. The minimum atomic E-state index is -4.43. The lowest BCUT2D eigenvalue weighted by Gasteiger charge is -2.09. The second-order valence-electron chi connectivity index (χ2n) is 5.80. The maximum atomic E-state index is 12.6. The van der Waals surface area contributed by atoms with Gasteiger partial charge in [0.05, 0.1) is 17.4 Å². The summed E-state index contributed by atoms with van der Waals surface area (Å²) in [5.41, 5.74) is 0.896. The van der Waals surface area contributed by atoms with E-state index < -0.39 is 17.6 Å². The first kappa shape index (κ1) is 18.4. The minimum absolute atomic E-state index is 0.134. The molecule has 1 heterocycles. The van der Waals surface area contributed by atoms with Crippen molar-refractivity contribution in [3.63, 3.8) is 0 Å². The SMILES string of the molecule is O=C(Nc1ccc(NCc2ccccc2)nc1)c1ccc(C(F)(F)F)cc1. The standard InChI is InChI=1S/C20H16F3N3O/c21-20(22,23)16-8-6-15(7-9-16)19(27)26-17-10-11-18(25-13-17)24-12-14-4-2-1-3-5-14/h1-11,13H,12H2,(H,24,25)(H,26,27). The number of halogens is 3. The molecule has 0 fully saturated rings. The highest BCUT2D eigenvalue weighted by molar-refractivity contribution is 6.04. The fraction of sp³-hybridized carbons (Fsp3) is 0.100. The van der Waals surface area contributed by atoms with Crippen LogP contribution in [0.3, 0.4) is 0 Å². The first-order valence-corrected chi connectivity index (χ1v) is 8.14. The number of carbonyl (C=O) groups is 1. The molecule has 0 spiro atoms. The average Bonchev–Trinajstić information content (AvgIpc) is 2.68. The third kappa shape index (κ3) is 5.07. The molecule has 0 saturated carbocycles. The number of pyridine rings is 1. The Balaban J connectivity index is 1.58. The number of carbonyl (C=O) groups excluding carboxylic acids is 1. The van der Waals surface area contributed by atoms with Crippen LogP contribution in [0.4, 0.5) is 24.7 Å². The van der Waals surface area contributed by atoms with Crippen LogP contribution in [-0.4, -0.2) is 10.9 Å². The number of hydrogen-bond donors (Lipinski definition) is 2. The van der Waals surface area contributed by atoms with E-state index in [0.29, 0.717) is 18.1 Å². The van der Waals surface area contributed by atoms with Gasteiger partial charge in [0.2, 0.25) is 0 Å². The lowest BCUT2D eigenvalue weighted by atomic mass is 10.1. The van der Waals surface area contributed by atoms with Crippen molar-refractivity contribution in [1.29, 1.82) is 0 Å². The highest BCUT2D eigenvalue weighted by Gasteiger charge is 2.30. The highest BCUT2D eigenvalue weighted by Crippen LogP contribution is 2.29. The molecule has 2 aromatic carbocycles. The molecule has 1 amide bonds. The van der Waals surface area contributed by atoms with Gasteiger partial charge in [0.25, 0.3) is 5.91 Å². The predicted molar refractivity (Wildman–Crippen MR) is 97.4 cm³/mol. The lowest BCUT2D eigenvalue weighted by Crippen LogP contribution is -2.13. The van der Waals surface area contributed by atoms with Gasteiger partial charge in [-0.15, -0.1) is 0 Å². The predicted octanol–water partition coefficient (Wildman–Crippen LogP) is 4.96. The number of alkyl halides is 3. The van der Waals surface area contributed by atoms with Gasteiger partial charge in [0, 0.05) is 12.1 Å². The van der Waals surface area contributed by atoms with Crippen LogP contribution < -0.4 is 10.6 Å². The normalized spacial score (nSPS) is 11.1. The topological polar surface area (TPSA) is 54.0 Å². The zero-order valence-electron chi connectivity index (χ0n) is 14.1. The van der Waals surface area contributed by atoms with Gasteiger partial charge in [-0.2, -0.15) is 13.2 Å². The van der Waals surface area contributed by atoms with Crippen molar-refractivity contribution in [3.8, 4) is 0 Å². The fourth-order valence-corrected chi connectivity index (χ4v) is 2.37. The molecular formula is C20H16F3N3O. The molecule has 27 heavy (non-hydrogen) atoms. The zero-order valence-corrected chi connectivity index (χ0v) is 14.1. The molecule has 4 nitrogen and oxygen atoms in total. The molecule has 0 unspecified atom stereocenters. The van der Waals surface area contributed by atoms with Crippen molar-refractivity contribution in [2.45, 2.75) is 12.7 Å². The van der Waals surface area contributed by atoms with Crippen LogP contribution >= 0.6 is 0 Å². The minimum Gasteiger partial charge on any atom is -0.366 e. The van der Waals surface area contributed by atoms with Crippen LogP contribution in [0.15, 0.2) is 72.9 Å². The summed E-state index contributed by atoms with van der Waals surface area (Å²) in [6, 6.07) is 17.2. The van der Waals surface area contributed by atoms with Gasteiger partial charge in [0.15, 0.2) is 0 Å². The van der Waals surface area contributed by atoms with Crippen LogP contribution in [0, 0.1) is 0 Å². The molecule has 0 bridgehead atoms. The van der Waals surface area contributed by atoms with Crippen LogP contribution in [-0.2, 0) is 12.7 Å². The second kappa shape index (κ2) is 7.90. The van der Waals surface area contributed by atoms with Gasteiger partial charge < -0.3 is 10.6 Å². The molecule has 3 rings (SSSR count). The molecule has 0 aliphatic heterocycles.